The summed E-state index contributed by atoms with van der Waals surface area (Å²) >= 11 is 0. The maximum atomic E-state index is 13.0. The molecule has 0 saturated carbocycles. The number of nitriles is 1. The van der Waals surface area contributed by atoms with Crippen LogP contribution in [0, 0.1) is 18.3 Å². The van der Waals surface area contributed by atoms with E-state index >= 15 is 0 Å². The smallest absolute Gasteiger partial charge is 0.272 e. The Bertz CT molecular complexity index is 1090. The molecule has 0 unspecified atom stereocenters. The standard InChI is InChI=1S/C22H21N7O/c1-16-25-19(14-20(26-16)27-18-7-3-2-6-17(18)15-23)22(30)29-12-10-28(11-13-29)21-8-4-5-9-24-21/h2-9,14H,10-13H2,1H3,(H,25,26,27). The lowest BCUT2D eigenvalue weighted by molar-refractivity contribution is 0.0740. The van der Waals surface area contributed by atoms with Gasteiger partial charge in [-0.05, 0) is 31.2 Å². The molecule has 8 heteroatoms. The third-order valence-electron chi connectivity index (χ3n) is 4.91. The SMILES string of the molecule is Cc1nc(Nc2ccccc2C#N)cc(C(=O)N2CCN(c3ccccn3)CC2)n1. The van der Waals surface area contributed by atoms with E-state index in [2.05, 4.69) is 31.2 Å². The molecule has 1 aliphatic rings. The van der Waals surface area contributed by atoms with Crippen LogP contribution in [-0.4, -0.2) is 51.9 Å². The fourth-order valence-electron chi connectivity index (χ4n) is 3.41. The molecule has 150 valence electrons. The van der Waals surface area contributed by atoms with Crippen LogP contribution < -0.4 is 10.2 Å². The molecule has 8 nitrogen and oxygen atoms in total. The van der Waals surface area contributed by atoms with E-state index in [0.717, 1.165) is 5.82 Å². The first-order chi connectivity index (χ1) is 14.6. The number of aryl methyl sites for hydroxylation is 1. The highest BCUT2D eigenvalue weighted by Crippen LogP contribution is 2.20. The molecule has 1 aromatic carbocycles. The Morgan fingerprint density at radius 3 is 2.57 bits per heavy atom. The average Bonchev–Trinajstić information content (AvgIpc) is 2.79. The quantitative estimate of drug-likeness (QED) is 0.720. The van der Waals surface area contributed by atoms with Crippen LogP contribution in [0.25, 0.3) is 0 Å². The molecule has 0 bridgehead atoms. The lowest BCUT2D eigenvalue weighted by Gasteiger charge is -2.35. The minimum Gasteiger partial charge on any atom is -0.353 e. The van der Waals surface area contributed by atoms with Gasteiger partial charge >= 0.3 is 0 Å². The van der Waals surface area contributed by atoms with E-state index in [4.69, 9.17) is 0 Å². The predicted molar refractivity (Wildman–Crippen MR) is 114 cm³/mol. The molecule has 4 rings (SSSR count). The van der Waals surface area contributed by atoms with Gasteiger partial charge in [-0.15, -0.1) is 0 Å². The van der Waals surface area contributed by atoms with Crippen LogP contribution in [0.5, 0.6) is 0 Å². The Hall–Kier alpha value is -3.99. The minimum atomic E-state index is -0.127. The number of benzene rings is 1. The van der Waals surface area contributed by atoms with Gasteiger partial charge in [0.05, 0.1) is 11.3 Å². The Morgan fingerprint density at radius 1 is 1.07 bits per heavy atom. The molecular weight excluding hydrogens is 378 g/mol. The number of amides is 1. The van der Waals surface area contributed by atoms with Crippen LogP contribution in [0.3, 0.4) is 0 Å². The zero-order valence-electron chi connectivity index (χ0n) is 16.6. The van der Waals surface area contributed by atoms with Gasteiger partial charge < -0.3 is 15.1 Å². The molecule has 3 aromatic rings. The van der Waals surface area contributed by atoms with Crippen molar-refractivity contribution >= 4 is 23.2 Å². The van der Waals surface area contributed by atoms with Gasteiger partial charge in [0.1, 0.15) is 29.2 Å². The topological polar surface area (TPSA) is 98.0 Å². The lowest BCUT2D eigenvalue weighted by Crippen LogP contribution is -2.49. The molecule has 0 atom stereocenters. The van der Waals surface area contributed by atoms with Crippen molar-refractivity contribution in [2.45, 2.75) is 6.92 Å². The van der Waals surface area contributed by atoms with Crippen molar-refractivity contribution in [1.29, 1.82) is 5.26 Å². The molecule has 0 spiro atoms. The van der Waals surface area contributed by atoms with E-state index in [9.17, 15) is 10.1 Å². The molecule has 3 heterocycles. The molecular formula is C22H21N7O. The van der Waals surface area contributed by atoms with E-state index < -0.39 is 0 Å². The third-order valence-corrected chi connectivity index (χ3v) is 4.91. The van der Waals surface area contributed by atoms with Crippen molar-refractivity contribution in [1.82, 2.24) is 19.9 Å². The molecule has 30 heavy (non-hydrogen) atoms. The highest BCUT2D eigenvalue weighted by molar-refractivity contribution is 5.93. The monoisotopic (exact) mass is 399 g/mol. The first-order valence-corrected chi connectivity index (χ1v) is 9.71. The maximum Gasteiger partial charge on any atom is 0.272 e. The maximum absolute atomic E-state index is 13.0. The number of nitrogens with zero attached hydrogens (tertiary/aromatic N) is 6. The minimum absolute atomic E-state index is 0.127. The van der Waals surface area contributed by atoms with Crippen molar-refractivity contribution in [3.63, 3.8) is 0 Å². The highest BCUT2D eigenvalue weighted by atomic mass is 16.2. The summed E-state index contributed by atoms with van der Waals surface area (Å²) in [5, 5.41) is 12.4. The molecule has 0 aliphatic carbocycles. The van der Waals surface area contributed by atoms with Crippen molar-refractivity contribution < 1.29 is 4.79 Å². The second kappa shape index (κ2) is 8.57. The Morgan fingerprint density at radius 2 is 1.83 bits per heavy atom. The van der Waals surface area contributed by atoms with E-state index in [0.29, 0.717) is 54.8 Å². The Balaban J connectivity index is 1.48. The van der Waals surface area contributed by atoms with Crippen LogP contribution >= 0.6 is 0 Å². The number of hydrogen-bond donors (Lipinski definition) is 1. The fourth-order valence-corrected chi connectivity index (χ4v) is 3.41. The predicted octanol–water partition coefficient (Wildman–Crippen LogP) is 2.76. The molecule has 0 radical (unpaired) electrons. The third kappa shape index (κ3) is 4.20. The van der Waals surface area contributed by atoms with Crippen molar-refractivity contribution in [3.05, 3.63) is 71.8 Å². The normalized spacial score (nSPS) is 13.6. The summed E-state index contributed by atoms with van der Waals surface area (Å²) in [6, 6.07) is 16.8. The second-order valence-corrected chi connectivity index (χ2v) is 6.94. The number of anilines is 3. The fraction of sp³-hybridized carbons (Fsp3) is 0.227. The zero-order valence-corrected chi connectivity index (χ0v) is 16.6. The van der Waals surface area contributed by atoms with Gasteiger partial charge in [-0.1, -0.05) is 18.2 Å². The van der Waals surface area contributed by atoms with Gasteiger partial charge in [0.15, 0.2) is 0 Å². The number of hydrogen-bond acceptors (Lipinski definition) is 7. The summed E-state index contributed by atoms with van der Waals surface area (Å²) in [7, 11) is 0. The molecule has 1 amide bonds. The van der Waals surface area contributed by atoms with E-state index in [1.165, 1.54) is 0 Å². The number of para-hydroxylation sites is 1. The largest absolute Gasteiger partial charge is 0.353 e. The summed E-state index contributed by atoms with van der Waals surface area (Å²) < 4.78 is 0. The van der Waals surface area contributed by atoms with Gasteiger partial charge in [-0.25, -0.2) is 15.0 Å². The molecule has 2 aromatic heterocycles. The first-order valence-electron chi connectivity index (χ1n) is 9.71. The summed E-state index contributed by atoms with van der Waals surface area (Å²) in [5.74, 6) is 1.77. The lowest BCUT2D eigenvalue weighted by atomic mass is 10.2. The van der Waals surface area contributed by atoms with E-state index in [1.54, 1.807) is 42.3 Å². The van der Waals surface area contributed by atoms with Crippen LogP contribution in [0.1, 0.15) is 21.9 Å². The number of aromatic nitrogens is 3. The van der Waals surface area contributed by atoms with Gasteiger partial charge in [0.2, 0.25) is 0 Å². The summed E-state index contributed by atoms with van der Waals surface area (Å²) in [6.07, 6.45) is 1.77. The van der Waals surface area contributed by atoms with Gasteiger partial charge in [0.25, 0.3) is 5.91 Å². The van der Waals surface area contributed by atoms with Crippen molar-refractivity contribution in [3.8, 4) is 6.07 Å². The summed E-state index contributed by atoms with van der Waals surface area (Å²) in [6.45, 7) is 4.37. The Kier molecular flexibility index (Phi) is 5.52. The number of carbonyl (C=O) groups excluding carboxylic acids is 1. The van der Waals surface area contributed by atoms with Crippen LogP contribution in [0.15, 0.2) is 54.7 Å². The van der Waals surface area contributed by atoms with Crippen LogP contribution in [0.2, 0.25) is 0 Å². The number of pyridine rings is 1. The number of rotatable bonds is 4. The summed E-state index contributed by atoms with van der Waals surface area (Å²) in [5.41, 5.74) is 1.48. The molecule has 1 fully saturated rings. The Labute approximate surface area is 174 Å². The van der Waals surface area contributed by atoms with Gasteiger partial charge in [0, 0.05) is 38.4 Å². The highest BCUT2D eigenvalue weighted by Gasteiger charge is 2.24. The van der Waals surface area contributed by atoms with Gasteiger partial charge in [-0.3, -0.25) is 4.79 Å². The van der Waals surface area contributed by atoms with E-state index in [1.807, 2.05) is 24.3 Å². The number of nitrogens with one attached hydrogen (secondary N) is 1. The van der Waals surface area contributed by atoms with Gasteiger partial charge in [-0.2, -0.15) is 5.26 Å². The summed E-state index contributed by atoms with van der Waals surface area (Å²) in [4.78, 5) is 30.1. The van der Waals surface area contributed by atoms with Crippen LogP contribution in [0.4, 0.5) is 17.3 Å². The first kappa shape index (κ1) is 19.3. The zero-order chi connectivity index (χ0) is 20.9. The average molecular weight is 399 g/mol. The van der Waals surface area contributed by atoms with Crippen molar-refractivity contribution in [2.75, 3.05) is 36.4 Å². The molecule has 1 saturated heterocycles. The second-order valence-electron chi connectivity index (χ2n) is 6.94. The molecule has 1 aliphatic heterocycles. The van der Waals surface area contributed by atoms with Crippen LogP contribution in [-0.2, 0) is 0 Å². The van der Waals surface area contributed by atoms with Crippen molar-refractivity contribution in [2.24, 2.45) is 0 Å². The number of carbonyl (C=O) groups is 1. The number of piperazine rings is 1. The molecule has 1 N–H and O–H groups in total. The van der Waals surface area contributed by atoms with E-state index in [-0.39, 0.29) is 5.91 Å².